The van der Waals surface area contributed by atoms with Crippen molar-refractivity contribution < 1.29 is 13.2 Å². The molecule has 2 aromatic rings. The Bertz CT molecular complexity index is 1140. The second-order valence-electron chi connectivity index (χ2n) is 9.28. The molecule has 3 aliphatic heterocycles. The van der Waals surface area contributed by atoms with Crippen molar-refractivity contribution in [2.75, 3.05) is 36.8 Å². The Morgan fingerprint density at radius 3 is 2.71 bits per heavy atom. The van der Waals surface area contributed by atoms with E-state index < -0.39 is 11.7 Å². The van der Waals surface area contributed by atoms with E-state index in [1.54, 1.807) is 23.9 Å². The molecule has 0 spiro atoms. The van der Waals surface area contributed by atoms with E-state index in [1.807, 2.05) is 30.0 Å². The van der Waals surface area contributed by atoms with E-state index >= 15 is 0 Å². The summed E-state index contributed by atoms with van der Waals surface area (Å²) in [6.07, 6.45) is 3.60. The van der Waals surface area contributed by atoms with E-state index in [9.17, 15) is 13.2 Å². The van der Waals surface area contributed by atoms with Crippen LogP contribution in [0.2, 0.25) is 0 Å². The van der Waals surface area contributed by atoms with Gasteiger partial charge in [-0.05, 0) is 61.7 Å². The van der Waals surface area contributed by atoms with Crippen LogP contribution < -0.4 is 10.2 Å². The van der Waals surface area contributed by atoms with Gasteiger partial charge in [-0.25, -0.2) is 0 Å². The van der Waals surface area contributed by atoms with Crippen LogP contribution in [-0.4, -0.2) is 57.6 Å². The maximum Gasteiger partial charge on any atom is 0.416 e. The fourth-order valence-electron chi connectivity index (χ4n) is 5.19. The zero-order chi connectivity index (χ0) is 24.6. The lowest BCUT2D eigenvalue weighted by Crippen LogP contribution is -2.35. The molecule has 1 aromatic carbocycles. The van der Waals surface area contributed by atoms with Crippen LogP contribution in [0.3, 0.4) is 0 Å². The number of thioether (sulfide) groups is 1. The molecule has 35 heavy (non-hydrogen) atoms. The predicted octanol–water partition coefficient (Wildman–Crippen LogP) is 4.54. The molecule has 6 nitrogen and oxygen atoms in total. The minimum absolute atomic E-state index is 0.377. The summed E-state index contributed by atoms with van der Waals surface area (Å²) < 4.78 is 40.7. The number of rotatable bonds is 7. The molecule has 4 heterocycles. The normalized spacial score (nSPS) is 22.5. The highest BCUT2D eigenvalue weighted by atomic mass is 32.2. The largest absolute Gasteiger partial charge is 0.416 e. The van der Waals surface area contributed by atoms with E-state index in [0.717, 1.165) is 72.7 Å². The second kappa shape index (κ2) is 9.73. The fraction of sp³-hybridized carbons (Fsp3) is 0.440. The van der Waals surface area contributed by atoms with E-state index in [0.29, 0.717) is 12.0 Å². The van der Waals surface area contributed by atoms with Gasteiger partial charge in [-0.3, -0.25) is 0 Å². The van der Waals surface area contributed by atoms with Gasteiger partial charge in [0.25, 0.3) is 0 Å². The summed E-state index contributed by atoms with van der Waals surface area (Å²) in [5.74, 6) is 2.35. The molecule has 5 rings (SSSR count). The molecule has 0 unspecified atom stereocenters. The molecule has 0 amide bonds. The Morgan fingerprint density at radius 1 is 1.17 bits per heavy atom. The van der Waals surface area contributed by atoms with Crippen LogP contribution in [0, 0.1) is 5.92 Å². The smallest absolute Gasteiger partial charge is 0.367 e. The first-order valence-electron chi connectivity index (χ1n) is 11.8. The molecule has 0 bridgehead atoms. The zero-order valence-corrected chi connectivity index (χ0v) is 20.4. The number of benzene rings is 1. The molecule has 0 radical (unpaired) electrons. The zero-order valence-electron chi connectivity index (χ0n) is 19.6. The number of nitrogens with one attached hydrogen (secondary N) is 1. The lowest BCUT2D eigenvalue weighted by atomic mass is 10.0. The van der Waals surface area contributed by atoms with E-state index in [2.05, 4.69) is 31.9 Å². The van der Waals surface area contributed by atoms with Crippen molar-refractivity contribution in [2.45, 2.75) is 30.2 Å². The van der Waals surface area contributed by atoms with Crippen molar-refractivity contribution in [3.63, 3.8) is 0 Å². The monoisotopic (exact) mass is 502 g/mol. The van der Waals surface area contributed by atoms with Gasteiger partial charge in [0.2, 0.25) is 0 Å². The van der Waals surface area contributed by atoms with Gasteiger partial charge < -0.3 is 19.7 Å². The molecule has 2 atom stereocenters. The number of hydrogen-bond donors (Lipinski definition) is 1. The number of aromatic nitrogens is 3. The van der Waals surface area contributed by atoms with Crippen molar-refractivity contribution >= 4 is 23.0 Å². The maximum absolute atomic E-state index is 12.9. The van der Waals surface area contributed by atoms with Crippen LogP contribution in [-0.2, 0) is 13.2 Å². The highest BCUT2D eigenvalue weighted by Crippen LogP contribution is 2.37. The number of likely N-dealkylation sites (tertiary alicyclic amines) is 1. The maximum atomic E-state index is 12.9. The molecular formula is C25H29F3N6S. The van der Waals surface area contributed by atoms with Crippen molar-refractivity contribution in [1.29, 1.82) is 0 Å². The lowest BCUT2D eigenvalue weighted by molar-refractivity contribution is -0.137. The van der Waals surface area contributed by atoms with Gasteiger partial charge in [-0.15, -0.1) is 10.2 Å². The number of dihydropyridines is 1. The third-order valence-corrected chi connectivity index (χ3v) is 8.06. The van der Waals surface area contributed by atoms with Crippen LogP contribution in [0.1, 0.15) is 24.2 Å². The first kappa shape index (κ1) is 24.0. The van der Waals surface area contributed by atoms with Crippen LogP contribution in [0.5, 0.6) is 0 Å². The second-order valence-corrected chi connectivity index (χ2v) is 10.3. The molecule has 1 aromatic heterocycles. The number of allylic oxidation sites excluding steroid dienone is 3. The minimum atomic E-state index is -4.29. The Labute approximate surface area is 207 Å². The van der Waals surface area contributed by atoms with Crippen molar-refractivity contribution in [3.05, 3.63) is 66.3 Å². The third kappa shape index (κ3) is 5.13. The summed E-state index contributed by atoms with van der Waals surface area (Å²) in [7, 11) is 1.98. The van der Waals surface area contributed by atoms with E-state index in [-0.39, 0.29) is 0 Å². The van der Waals surface area contributed by atoms with Gasteiger partial charge in [0.05, 0.1) is 5.56 Å². The molecule has 2 saturated heterocycles. The van der Waals surface area contributed by atoms with Gasteiger partial charge in [-0.2, -0.15) is 13.2 Å². The fourth-order valence-corrected chi connectivity index (χ4v) is 6.03. The SMILES string of the molecule is C=C1C=C(c2nnc(SCCCN3C[C@@H]4CCN(c5ccc(C(F)(F)F)cc5)[C@@H]4C3)n2C)C=CN1. The summed E-state index contributed by atoms with van der Waals surface area (Å²) in [5, 5.41) is 12.6. The summed E-state index contributed by atoms with van der Waals surface area (Å²) in [6.45, 7) is 7.86. The molecule has 0 saturated carbocycles. The summed E-state index contributed by atoms with van der Waals surface area (Å²) in [4.78, 5) is 4.78. The van der Waals surface area contributed by atoms with Crippen LogP contribution >= 0.6 is 11.8 Å². The molecule has 0 aliphatic carbocycles. The Hall–Kier alpha value is -2.72. The number of fused-ring (bicyclic) bond motifs is 1. The Kier molecular flexibility index (Phi) is 6.67. The first-order chi connectivity index (χ1) is 16.8. The van der Waals surface area contributed by atoms with Gasteiger partial charge >= 0.3 is 6.18 Å². The van der Waals surface area contributed by atoms with Crippen molar-refractivity contribution in [1.82, 2.24) is 25.0 Å². The first-order valence-corrected chi connectivity index (χ1v) is 12.8. The summed E-state index contributed by atoms with van der Waals surface area (Å²) >= 11 is 1.71. The molecule has 1 N–H and O–H groups in total. The van der Waals surface area contributed by atoms with Crippen molar-refractivity contribution in [3.8, 4) is 0 Å². The van der Waals surface area contributed by atoms with Gasteiger partial charge in [0.15, 0.2) is 11.0 Å². The Morgan fingerprint density at radius 2 is 1.97 bits per heavy atom. The molecule has 2 fully saturated rings. The van der Waals surface area contributed by atoms with Crippen LogP contribution in [0.25, 0.3) is 5.57 Å². The lowest BCUT2D eigenvalue weighted by Gasteiger charge is -2.27. The quantitative estimate of drug-likeness (QED) is 0.443. The molecule has 10 heteroatoms. The third-order valence-electron chi connectivity index (χ3n) is 6.95. The van der Waals surface area contributed by atoms with Crippen LogP contribution in [0.15, 0.2) is 60.0 Å². The van der Waals surface area contributed by atoms with Crippen LogP contribution in [0.4, 0.5) is 18.9 Å². The van der Waals surface area contributed by atoms with Gasteiger partial charge in [0.1, 0.15) is 0 Å². The van der Waals surface area contributed by atoms with Gasteiger partial charge in [0, 0.05) is 61.6 Å². The van der Waals surface area contributed by atoms with E-state index in [1.165, 1.54) is 12.1 Å². The number of alkyl halides is 3. The predicted molar refractivity (Wildman–Crippen MR) is 133 cm³/mol. The Balaban J connectivity index is 1.11. The van der Waals surface area contributed by atoms with Crippen molar-refractivity contribution in [2.24, 2.45) is 13.0 Å². The van der Waals surface area contributed by atoms with Gasteiger partial charge in [-0.1, -0.05) is 18.3 Å². The number of hydrogen-bond acceptors (Lipinski definition) is 6. The van der Waals surface area contributed by atoms with E-state index in [4.69, 9.17) is 0 Å². The minimum Gasteiger partial charge on any atom is -0.367 e. The topological polar surface area (TPSA) is 49.2 Å². The standard InChI is InChI=1S/C25H29F3N6S/c1-17-14-18(8-10-29-17)23-30-31-24(32(23)2)35-13-3-11-33-15-19-9-12-34(22(19)16-33)21-6-4-20(5-7-21)25(26,27)28/h4-8,10,14,19,22,29H,1,3,9,11-13,15-16H2,2H3/t19-,22+/m0/s1. The number of nitrogens with zero attached hydrogens (tertiary/aromatic N) is 5. The number of halogens is 3. The molecule has 186 valence electrons. The number of anilines is 1. The summed E-state index contributed by atoms with van der Waals surface area (Å²) in [6, 6.07) is 6.00. The summed E-state index contributed by atoms with van der Waals surface area (Å²) in [5.41, 5.74) is 2.11. The molecular weight excluding hydrogens is 473 g/mol. The average Bonchev–Trinajstić information content (AvgIpc) is 3.51. The average molecular weight is 503 g/mol. The molecule has 3 aliphatic rings. The highest BCUT2D eigenvalue weighted by molar-refractivity contribution is 7.99. The highest BCUT2D eigenvalue weighted by Gasteiger charge is 2.41.